The van der Waals surface area contributed by atoms with Gasteiger partial charge in [0.05, 0.1) is 12.7 Å². The molecular formula is C17H23N3O2S. The monoisotopic (exact) mass is 333 g/mol. The van der Waals surface area contributed by atoms with Gasteiger partial charge in [-0.25, -0.2) is 0 Å². The third-order valence-electron chi connectivity index (χ3n) is 4.86. The van der Waals surface area contributed by atoms with Gasteiger partial charge in [0.2, 0.25) is 0 Å². The molecule has 0 aromatic heterocycles. The normalized spacial score (nSPS) is 25.7. The zero-order valence-corrected chi connectivity index (χ0v) is 14.4. The molecule has 0 saturated carbocycles. The van der Waals surface area contributed by atoms with Gasteiger partial charge in [0.25, 0.3) is 5.91 Å². The molecule has 124 valence electrons. The van der Waals surface area contributed by atoms with Crippen molar-refractivity contribution >= 4 is 23.2 Å². The van der Waals surface area contributed by atoms with E-state index in [9.17, 15) is 4.79 Å². The van der Waals surface area contributed by atoms with Crippen LogP contribution in [-0.2, 0) is 0 Å². The highest BCUT2D eigenvalue weighted by Crippen LogP contribution is 2.27. The van der Waals surface area contributed by atoms with Crippen molar-refractivity contribution in [3.8, 4) is 5.75 Å². The first-order valence-corrected chi connectivity index (χ1v) is 8.47. The van der Waals surface area contributed by atoms with Crippen molar-refractivity contribution in [2.75, 3.05) is 26.7 Å². The number of nitrogens with zero attached hydrogens (tertiary/aromatic N) is 1. The second-order valence-electron chi connectivity index (χ2n) is 6.33. The summed E-state index contributed by atoms with van der Waals surface area (Å²) in [6.07, 6.45) is 2.42. The molecule has 5 nitrogen and oxygen atoms in total. The molecule has 3 saturated heterocycles. The molecule has 3 fully saturated rings. The first kappa shape index (κ1) is 16.2. The number of rotatable bonds is 3. The molecule has 3 aliphatic heterocycles. The van der Waals surface area contributed by atoms with Crippen molar-refractivity contribution in [3.63, 3.8) is 0 Å². The number of methoxy groups -OCH3 is 1. The van der Waals surface area contributed by atoms with Crippen LogP contribution in [-0.4, -0.2) is 48.7 Å². The summed E-state index contributed by atoms with van der Waals surface area (Å²) in [5.41, 5.74) is 1.43. The number of amides is 1. The first-order valence-electron chi connectivity index (χ1n) is 8.06. The first-order chi connectivity index (χ1) is 11.1. The molecular weight excluding hydrogens is 310 g/mol. The maximum Gasteiger partial charge on any atom is 0.261 e. The van der Waals surface area contributed by atoms with Crippen LogP contribution >= 0.6 is 12.2 Å². The van der Waals surface area contributed by atoms with Crippen molar-refractivity contribution in [1.82, 2.24) is 15.5 Å². The quantitative estimate of drug-likeness (QED) is 0.825. The van der Waals surface area contributed by atoms with Gasteiger partial charge in [-0.1, -0.05) is 12.1 Å². The van der Waals surface area contributed by atoms with Gasteiger partial charge in [0.1, 0.15) is 5.75 Å². The van der Waals surface area contributed by atoms with Gasteiger partial charge in [0, 0.05) is 12.6 Å². The molecule has 0 spiro atoms. The Kier molecular flexibility index (Phi) is 4.82. The standard InChI is InChI=1S/C17H23N3O2S/c1-11-4-3-5-13(15(11)22-2)16(21)19-17(23)18-14-10-20-8-6-12(14)7-9-20/h3-5,12,14H,6-10H2,1-2H3,(H2,18,19,21,23). The number of hydrogen-bond donors (Lipinski definition) is 2. The summed E-state index contributed by atoms with van der Waals surface area (Å²) in [5, 5.41) is 6.51. The van der Waals surface area contributed by atoms with Gasteiger partial charge in [0.15, 0.2) is 5.11 Å². The van der Waals surface area contributed by atoms with Crippen LogP contribution in [0.2, 0.25) is 0 Å². The SMILES string of the molecule is COc1c(C)cccc1C(=O)NC(=S)NC1CN2CCC1CC2. The fourth-order valence-electron chi connectivity index (χ4n) is 3.61. The zero-order chi connectivity index (χ0) is 16.4. The molecule has 1 aromatic carbocycles. The Labute approximate surface area is 142 Å². The molecule has 1 amide bonds. The third kappa shape index (κ3) is 3.48. The smallest absolute Gasteiger partial charge is 0.261 e. The summed E-state index contributed by atoms with van der Waals surface area (Å²) in [5.74, 6) is 1.02. The van der Waals surface area contributed by atoms with Crippen LogP contribution in [0.4, 0.5) is 0 Å². The highest BCUT2D eigenvalue weighted by molar-refractivity contribution is 7.80. The lowest BCUT2D eigenvalue weighted by molar-refractivity contribution is 0.0807. The minimum absolute atomic E-state index is 0.232. The van der Waals surface area contributed by atoms with E-state index in [1.165, 1.54) is 25.9 Å². The van der Waals surface area contributed by atoms with E-state index < -0.39 is 0 Å². The van der Waals surface area contributed by atoms with Gasteiger partial charge >= 0.3 is 0 Å². The zero-order valence-electron chi connectivity index (χ0n) is 13.6. The Balaban J connectivity index is 1.62. The highest BCUT2D eigenvalue weighted by Gasteiger charge is 2.34. The average Bonchev–Trinajstić information content (AvgIpc) is 2.55. The van der Waals surface area contributed by atoms with Gasteiger partial charge < -0.3 is 15.0 Å². The Bertz CT molecular complexity index is 612. The van der Waals surface area contributed by atoms with E-state index in [2.05, 4.69) is 15.5 Å². The number of fused-ring (bicyclic) bond motifs is 3. The number of thiocarbonyl (C=S) groups is 1. The van der Waals surface area contributed by atoms with E-state index >= 15 is 0 Å². The summed E-state index contributed by atoms with van der Waals surface area (Å²) >= 11 is 5.34. The molecule has 4 rings (SSSR count). The molecule has 1 atom stereocenters. The van der Waals surface area contributed by atoms with Crippen molar-refractivity contribution in [2.45, 2.75) is 25.8 Å². The van der Waals surface area contributed by atoms with Crippen molar-refractivity contribution in [3.05, 3.63) is 29.3 Å². The van der Waals surface area contributed by atoms with E-state index in [-0.39, 0.29) is 5.91 Å². The lowest BCUT2D eigenvalue weighted by Gasteiger charge is -2.45. The molecule has 1 unspecified atom stereocenters. The fraction of sp³-hybridized carbons (Fsp3) is 0.529. The van der Waals surface area contributed by atoms with E-state index in [1.807, 2.05) is 19.1 Å². The van der Waals surface area contributed by atoms with Crippen molar-refractivity contribution in [2.24, 2.45) is 5.92 Å². The van der Waals surface area contributed by atoms with Gasteiger partial charge in [-0.2, -0.15) is 0 Å². The number of aryl methyl sites for hydroxylation is 1. The van der Waals surface area contributed by atoms with Crippen LogP contribution in [0.15, 0.2) is 18.2 Å². The number of carbonyl (C=O) groups excluding carboxylic acids is 1. The predicted octanol–water partition coefficient (Wildman–Crippen LogP) is 1.70. The van der Waals surface area contributed by atoms with Gasteiger partial charge in [-0.05, 0) is 62.6 Å². The topological polar surface area (TPSA) is 53.6 Å². The summed E-state index contributed by atoms with van der Waals surface area (Å²) in [6.45, 7) is 5.29. The van der Waals surface area contributed by atoms with Crippen molar-refractivity contribution < 1.29 is 9.53 Å². The Morgan fingerprint density at radius 3 is 2.70 bits per heavy atom. The Hall–Kier alpha value is -1.66. The maximum absolute atomic E-state index is 12.5. The summed E-state index contributed by atoms with van der Waals surface area (Å²) in [4.78, 5) is 14.9. The molecule has 0 radical (unpaired) electrons. The van der Waals surface area contributed by atoms with E-state index in [0.717, 1.165) is 12.1 Å². The summed E-state index contributed by atoms with van der Waals surface area (Å²) < 4.78 is 5.34. The van der Waals surface area contributed by atoms with Crippen LogP contribution in [0, 0.1) is 12.8 Å². The number of piperidine rings is 3. The summed E-state index contributed by atoms with van der Waals surface area (Å²) in [6, 6.07) is 5.85. The second-order valence-corrected chi connectivity index (χ2v) is 6.74. The number of carbonyl (C=O) groups is 1. The van der Waals surface area contributed by atoms with Crippen LogP contribution in [0.25, 0.3) is 0 Å². The molecule has 6 heteroatoms. The van der Waals surface area contributed by atoms with Crippen LogP contribution in [0.5, 0.6) is 5.75 Å². The Morgan fingerprint density at radius 1 is 1.35 bits per heavy atom. The van der Waals surface area contributed by atoms with Crippen molar-refractivity contribution in [1.29, 1.82) is 0 Å². The highest BCUT2D eigenvalue weighted by atomic mass is 32.1. The van der Waals surface area contributed by atoms with Crippen LogP contribution in [0.3, 0.4) is 0 Å². The molecule has 2 N–H and O–H groups in total. The largest absolute Gasteiger partial charge is 0.496 e. The average molecular weight is 333 g/mol. The van der Waals surface area contributed by atoms with E-state index in [1.54, 1.807) is 13.2 Å². The third-order valence-corrected chi connectivity index (χ3v) is 5.08. The number of nitrogens with one attached hydrogen (secondary N) is 2. The van der Waals surface area contributed by atoms with E-state index in [0.29, 0.717) is 28.4 Å². The maximum atomic E-state index is 12.5. The molecule has 2 bridgehead atoms. The Morgan fingerprint density at radius 2 is 2.09 bits per heavy atom. The van der Waals surface area contributed by atoms with Gasteiger partial charge in [-0.3, -0.25) is 10.1 Å². The fourth-order valence-corrected chi connectivity index (χ4v) is 3.85. The number of hydrogen-bond acceptors (Lipinski definition) is 4. The molecule has 3 aliphatic rings. The number of benzene rings is 1. The summed E-state index contributed by atoms with van der Waals surface area (Å²) in [7, 11) is 1.57. The van der Waals surface area contributed by atoms with Crippen LogP contribution < -0.4 is 15.4 Å². The predicted molar refractivity (Wildman–Crippen MR) is 93.9 cm³/mol. The van der Waals surface area contributed by atoms with Gasteiger partial charge in [-0.15, -0.1) is 0 Å². The second kappa shape index (κ2) is 6.84. The number of ether oxygens (including phenoxy) is 1. The van der Waals surface area contributed by atoms with E-state index in [4.69, 9.17) is 17.0 Å². The minimum Gasteiger partial charge on any atom is -0.496 e. The minimum atomic E-state index is -0.232. The lowest BCUT2D eigenvalue weighted by atomic mass is 9.84. The molecule has 1 aromatic rings. The molecule has 0 aliphatic carbocycles. The molecule has 23 heavy (non-hydrogen) atoms. The lowest BCUT2D eigenvalue weighted by Crippen LogP contribution is -2.59. The molecule has 3 heterocycles. The number of para-hydroxylation sites is 1. The van der Waals surface area contributed by atoms with Crippen LogP contribution in [0.1, 0.15) is 28.8 Å².